The van der Waals surface area contributed by atoms with E-state index in [1.165, 1.54) is 4.90 Å². The van der Waals surface area contributed by atoms with Crippen molar-refractivity contribution in [1.82, 2.24) is 15.1 Å². The predicted molar refractivity (Wildman–Crippen MR) is 111 cm³/mol. The van der Waals surface area contributed by atoms with E-state index in [0.717, 1.165) is 18.4 Å². The third kappa shape index (κ3) is 3.02. The van der Waals surface area contributed by atoms with Gasteiger partial charge in [-0.3, -0.25) is 9.69 Å². The van der Waals surface area contributed by atoms with Crippen LogP contribution in [0.3, 0.4) is 0 Å². The van der Waals surface area contributed by atoms with Crippen molar-refractivity contribution in [2.24, 2.45) is 0 Å². The Kier molecular flexibility index (Phi) is 4.53. The number of aryl methyl sites for hydroxylation is 1. The zero-order valence-corrected chi connectivity index (χ0v) is 18.1. The number of imide groups is 1. The Morgan fingerprint density at radius 3 is 2.58 bits per heavy atom. The van der Waals surface area contributed by atoms with Crippen molar-refractivity contribution in [2.45, 2.75) is 62.9 Å². The van der Waals surface area contributed by atoms with Gasteiger partial charge in [-0.05, 0) is 50.8 Å². The van der Waals surface area contributed by atoms with E-state index in [-0.39, 0.29) is 18.5 Å². The summed E-state index contributed by atoms with van der Waals surface area (Å²) in [5, 5.41) is 5.24. The Hall–Kier alpha value is -2.65. The Bertz CT molecular complexity index is 951. The summed E-state index contributed by atoms with van der Waals surface area (Å²) < 4.78 is 11.6. The highest BCUT2D eigenvalue weighted by Gasteiger charge is 2.63. The van der Waals surface area contributed by atoms with Gasteiger partial charge in [0.1, 0.15) is 0 Å². The minimum atomic E-state index is -1.28. The molecule has 1 spiro atoms. The number of nitrogens with one attached hydrogen (secondary N) is 2. The molecule has 3 heterocycles. The Morgan fingerprint density at radius 1 is 1.23 bits per heavy atom. The first-order valence-corrected chi connectivity index (χ1v) is 10.9. The number of carbonyl (C=O) groups is 3. The number of anilines is 1. The lowest BCUT2D eigenvalue weighted by atomic mass is 9.94. The van der Waals surface area contributed by atoms with Crippen LogP contribution in [-0.4, -0.2) is 65.8 Å². The van der Waals surface area contributed by atoms with Gasteiger partial charge in [-0.25, -0.2) is 14.5 Å². The van der Waals surface area contributed by atoms with Crippen LogP contribution in [0.25, 0.3) is 0 Å². The van der Waals surface area contributed by atoms with Gasteiger partial charge in [0.2, 0.25) is 5.60 Å². The molecule has 9 heteroatoms. The third-order valence-electron chi connectivity index (χ3n) is 7.15. The molecule has 0 saturated carbocycles. The normalized spacial score (nSPS) is 34.2. The van der Waals surface area contributed by atoms with Gasteiger partial charge in [-0.15, -0.1) is 0 Å². The molecule has 9 nitrogen and oxygen atoms in total. The van der Waals surface area contributed by atoms with E-state index in [4.69, 9.17) is 9.47 Å². The molecular weight excluding hydrogens is 400 g/mol. The number of ether oxygens (including phenoxy) is 2. The molecule has 4 atom stereocenters. The number of carbonyl (C=O) groups excluding carboxylic acids is 3. The first-order valence-electron chi connectivity index (χ1n) is 10.9. The fourth-order valence-corrected chi connectivity index (χ4v) is 5.58. The first-order chi connectivity index (χ1) is 14.8. The summed E-state index contributed by atoms with van der Waals surface area (Å²) >= 11 is 0. The number of benzene rings is 1. The summed E-state index contributed by atoms with van der Waals surface area (Å²) in [5.74, 6) is -0.322. The number of nitrogens with zero attached hydrogens (tertiary/aromatic N) is 2. The topological polar surface area (TPSA) is 104 Å². The molecule has 1 aromatic rings. The second-order valence-corrected chi connectivity index (χ2v) is 9.08. The van der Waals surface area contributed by atoms with Crippen LogP contribution in [-0.2, 0) is 26.3 Å². The van der Waals surface area contributed by atoms with Crippen molar-refractivity contribution in [3.05, 3.63) is 29.3 Å². The zero-order valence-electron chi connectivity index (χ0n) is 18.1. The summed E-state index contributed by atoms with van der Waals surface area (Å²) in [7, 11) is 1.54. The molecule has 0 bridgehead atoms. The first kappa shape index (κ1) is 20.3. The van der Waals surface area contributed by atoms with E-state index in [2.05, 4.69) is 29.4 Å². The van der Waals surface area contributed by atoms with E-state index in [1.54, 1.807) is 19.2 Å². The summed E-state index contributed by atoms with van der Waals surface area (Å²) in [4.78, 5) is 41.5. The van der Waals surface area contributed by atoms with Gasteiger partial charge >= 0.3 is 12.1 Å². The molecule has 1 aromatic carbocycles. The quantitative estimate of drug-likeness (QED) is 0.713. The lowest BCUT2D eigenvalue weighted by Crippen LogP contribution is -2.53. The summed E-state index contributed by atoms with van der Waals surface area (Å²) in [5.41, 5.74) is 0.348. The molecule has 0 radical (unpaired) electrons. The molecule has 2 N–H and O–H groups in total. The highest BCUT2D eigenvalue weighted by Crippen LogP contribution is 2.48. The Labute approximate surface area is 181 Å². The van der Waals surface area contributed by atoms with Crippen LogP contribution >= 0.6 is 0 Å². The van der Waals surface area contributed by atoms with Crippen LogP contribution in [0, 0.1) is 0 Å². The largest absolute Gasteiger partial charge is 0.427 e. The predicted octanol–water partition coefficient (Wildman–Crippen LogP) is 2.16. The molecule has 5 rings (SSSR count). The molecule has 3 aliphatic heterocycles. The number of fused-ring (bicyclic) bond motifs is 2. The summed E-state index contributed by atoms with van der Waals surface area (Å²) in [6, 6.07) is 5.71. The number of hydrogen-bond acceptors (Lipinski definition) is 6. The van der Waals surface area contributed by atoms with Crippen LogP contribution in [0.2, 0.25) is 0 Å². The van der Waals surface area contributed by atoms with Gasteiger partial charge < -0.3 is 20.1 Å². The lowest BCUT2D eigenvalue weighted by molar-refractivity contribution is -0.138. The maximum Gasteiger partial charge on any atom is 0.418 e. The number of rotatable bonds is 4. The van der Waals surface area contributed by atoms with Crippen molar-refractivity contribution in [3.63, 3.8) is 0 Å². The molecule has 166 valence electrons. The molecule has 1 aliphatic carbocycles. The second-order valence-electron chi connectivity index (χ2n) is 9.08. The Morgan fingerprint density at radius 2 is 1.94 bits per heavy atom. The Balaban J connectivity index is 1.39. The average Bonchev–Trinajstić information content (AvgIpc) is 3.22. The minimum Gasteiger partial charge on any atom is -0.427 e. The average molecular weight is 428 g/mol. The fraction of sp³-hybridized carbons (Fsp3) is 0.591. The highest BCUT2D eigenvalue weighted by atomic mass is 16.6. The molecule has 4 amide bonds. The van der Waals surface area contributed by atoms with Gasteiger partial charge in [0.25, 0.3) is 5.91 Å². The monoisotopic (exact) mass is 428 g/mol. The smallest absolute Gasteiger partial charge is 0.418 e. The van der Waals surface area contributed by atoms with Gasteiger partial charge in [0, 0.05) is 36.8 Å². The molecule has 0 aromatic heterocycles. The van der Waals surface area contributed by atoms with Crippen molar-refractivity contribution in [2.75, 3.05) is 25.5 Å². The maximum atomic E-state index is 13.5. The van der Waals surface area contributed by atoms with Crippen molar-refractivity contribution in [1.29, 1.82) is 0 Å². The number of likely N-dealkylation sites (tertiary alicyclic amines) is 1. The number of hydrogen-bond donors (Lipinski definition) is 2. The highest BCUT2D eigenvalue weighted by molar-refractivity contribution is 6.04. The fourth-order valence-electron chi connectivity index (χ4n) is 5.58. The van der Waals surface area contributed by atoms with Crippen molar-refractivity contribution >= 4 is 23.7 Å². The molecule has 31 heavy (non-hydrogen) atoms. The van der Waals surface area contributed by atoms with Crippen LogP contribution in [0.1, 0.15) is 44.2 Å². The standard InChI is InChI=1S/C22H28N4O5/c1-13-4-5-14(2)26(13)21(12-30-21)11-25-18(27)22(31-20(25)29)9-8-15-10-16(6-7-17(15)22)24-19(28)23-3/h6-7,10,13-14H,4-5,8-9,11-12H2,1-3H3,(H2,23,24,28)/t13-,14+,21?,22-/m1/s1. The van der Waals surface area contributed by atoms with Crippen LogP contribution in [0.4, 0.5) is 15.3 Å². The van der Waals surface area contributed by atoms with Gasteiger partial charge in [-0.2, -0.15) is 0 Å². The third-order valence-corrected chi connectivity index (χ3v) is 7.15. The van der Waals surface area contributed by atoms with Crippen molar-refractivity contribution < 1.29 is 23.9 Å². The van der Waals surface area contributed by atoms with E-state index in [1.807, 2.05) is 6.07 Å². The van der Waals surface area contributed by atoms with Gasteiger partial charge in [0.05, 0.1) is 13.2 Å². The summed E-state index contributed by atoms with van der Waals surface area (Å²) in [6.45, 7) is 5.02. The summed E-state index contributed by atoms with van der Waals surface area (Å²) in [6.07, 6.45) is 2.53. The van der Waals surface area contributed by atoms with Gasteiger partial charge in [0.15, 0.2) is 5.72 Å². The van der Waals surface area contributed by atoms with Gasteiger partial charge in [-0.1, -0.05) is 6.07 Å². The second kappa shape index (κ2) is 6.93. The van der Waals surface area contributed by atoms with E-state index >= 15 is 0 Å². The number of urea groups is 1. The molecule has 3 saturated heterocycles. The lowest BCUT2D eigenvalue weighted by Gasteiger charge is -2.34. The molecule has 3 fully saturated rings. The van der Waals surface area contributed by atoms with Crippen molar-refractivity contribution in [3.8, 4) is 0 Å². The van der Waals surface area contributed by atoms with Crippen LogP contribution < -0.4 is 10.6 Å². The molecule has 4 aliphatic rings. The zero-order chi connectivity index (χ0) is 22.0. The number of amides is 4. The van der Waals surface area contributed by atoms with E-state index < -0.39 is 17.4 Å². The number of epoxide rings is 1. The maximum absolute atomic E-state index is 13.5. The molecular formula is C22H28N4O5. The SMILES string of the molecule is CNC(=O)Nc1ccc2c(c1)CC[C@@]21OC(=O)N(CC2(N3[C@H](C)CC[C@@H]3C)CO2)C1=O. The van der Waals surface area contributed by atoms with Crippen LogP contribution in [0.5, 0.6) is 0 Å². The van der Waals surface area contributed by atoms with E-state index in [9.17, 15) is 14.4 Å². The van der Waals surface area contributed by atoms with E-state index in [0.29, 0.717) is 42.8 Å². The van der Waals surface area contributed by atoms with Crippen LogP contribution in [0.15, 0.2) is 18.2 Å². The molecule has 1 unspecified atom stereocenters. The minimum absolute atomic E-state index is 0.187.